The van der Waals surface area contributed by atoms with Crippen LogP contribution in [0.5, 0.6) is 0 Å². The lowest BCUT2D eigenvalue weighted by molar-refractivity contribution is -0.302. The van der Waals surface area contributed by atoms with Gasteiger partial charge in [0, 0.05) is 6.42 Å². The molecule has 77 heavy (non-hydrogen) atoms. The van der Waals surface area contributed by atoms with Gasteiger partial charge in [-0.05, 0) is 96.3 Å². The third kappa shape index (κ3) is 45.1. The second kappa shape index (κ2) is 55.9. The van der Waals surface area contributed by atoms with Crippen LogP contribution in [0, 0.1) is 0 Å². The van der Waals surface area contributed by atoms with Crippen LogP contribution in [0.1, 0.15) is 245 Å². The SMILES string of the molecule is CC/C=C\C/C=C\C/C=C\C/C=C\C/C=C\C/C=C\C/C=C\C/C=C\CCCCCCCCCCC(=O)NC(COC1OC(CO)C(O)C(O)C1O)C(O)/C=C/CC/C=C/CCCCCCCCCCCCCCCCC. The van der Waals surface area contributed by atoms with Gasteiger partial charge in [0.1, 0.15) is 24.4 Å². The summed E-state index contributed by atoms with van der Waals surface area (Å²) in [6, 6.07) is -0.836. The number of rotatable bonds is 52. The Labute approximate surface area is 471 Å². The lowest BCUT2D eigenvalue weighted by atomic mass is 9.99. The van der Waals surface area contributed by atoms with Crippen LogP contribution in [0.3, 0.4) is 0 Å². The molecule has 0 bridgehead atoms. The molecule has 1 rings (SSSR count). The van der Waals surface area contributed by atoms with Gasteiger partial charge in [0.15, 0.2) is 6.29 Å². The van der Waals surface area contributed by atoms with Crippen LogP contribution >= 0.6 is 0 Å². The maximum atomic E-state index is 13.1. The van der Waals surface area contributed by atoms with E-state index in [1.54, 1.807) is 6.08 Å². The first-order chi connectivity index (χ1) is 37.8. The topological polar surface area (TPSA) is 149 Å². The van der Waals surface area contributed by atoms with Crippen molar-refractivity contribution in [1.29, 1.82) is 0 Å². The van der Waals surface area contributed by atoms with Crippen molar-refractivity contribution in [1.82, 2.24) is 5.32 Å². The molecule has 1 amide bonds. The number of carbonyl (C=O) groups is 1. The average molecular weight is 1070 g/mol. The predicted molar refractivity (Wildman–Crippen MR) is 327 cm³/mol. The highest BCUT2D eigenvalue weighted by Gasteiger charge is 2.44. The van der Waals surface area contributed by atoms with E-state index in [0.29, 0.717) is 6.42 Å². The number of allylic oxidation sites excluding steroid dienone is 19. The summed E-state index contributed by atoms with van der Waals surface area (Å²) in [4.78, 5) is 13.1. The number of ether oxygens (including phenoxy) is 2. The molecule has 0 radical (unpaired) electrons. The zero-order valence-electron chi connectivity index (χ0n) is 48.9. The predicted octanol–water partition coefficient (Wildman–Crippen LogP) is 16.3. The van der Waals surface area contributed by atoms with Crippen molar-refractivity contribution in [2.45, 2.75) is 288 Å². The van der Waals surface area contributed by atoms with Crippen LogP contribution in [0.15, 0.2) is 122 Å². The molecule has 0 aliphatic carbocycles. The van der Waals surface area contributed by atoms with Gasteiger partial charge in [-0.25, -0.2) is 0 Å². The number of nitrogens with one attached hydrogen (secondary N) is 1. The van der Waals surface area contributed by atoms with Crippen LogP contribution in [0.4, 0.5) is 0 Å². The lowest BCUT2D eigenvalue weighted by Gasteiger charge is -2.40. The number of aliphatic hydroxyl groups excluding tert-OH is 5. The molecule has 1 aliphatic rings. The standard InChI is InChI=1S/C68H115NO8/c1-3-5-7-9-11-13-15-17-19-21-23-25-26-27-28-29-30-31-32-33-34-35-36-38-40-42-44-46-48-50-52-54-56-58-64(72)69-61(60-76-68-67(75)66(74)65(73)63(59-70)77-68)62(71)57-55-53-51-49-47-45-43-41-39-37-24-22-20-18-16-14-12-10-8-6-4-2/h5,7,11,13,17,19,23,25,27-28,30-31,33-34,36,38,47,49,55,57,61-63,65-68,70-71,73-75H,3-4,6,8-10,12,14-16,18,20-22,24,26,29,32,35,37,39-46,48,50-54,56,58-60H2,1-2H3,(H,69,72)/b7-5-,13-11-,19-17-,25-23-,28-27-,31-30-,34-33-,38-36-,49-47+,57-55+. The van der Waals surface area contributed by atoms with Gasteiger partial charge in [0.2, 0.25) is 5.91 Å². The Balaban J connectivity index is 2.23. The highest BCUT2D eigenvalue weighted by molar-refractivity contribution is 5.76. The molecule has 0 saturated carbocycles. The zero-order valence-corrected chi connectivity index (χ0v) is 48.9. The van der Waals surface area contributed by atoms with Crippen molar-refractivity contribution >= 4 is 5.91 Å². The fraction of sp³-hybridized carbons (Fsp3) is 0.691. The van der Waals surface area contributed by atoms with Crippen molar-refractivity contribution in [2.24, 2.45) is 0 Å². The minimum Gasteiger partial charge on any atom is -0.394 e. The molecule has 1 saturated heterocycles. The van der Waals surface area contributed by atoms with Crippen molar-refractivity contribution in [3.8, 4) is 0 Å². The molecule has 0 spiro atoms. The monoisotopic (exact) mass is 1070 g/mol. The van der Waals surface area contributed by atoms with Gasteiger partial charge >= 0.3 is 0 Å². The highest BCUT2D eigenvalue weighted by atomic mass is 16.7. The van der Waals surface area contributed by atoms with Gasteiger partial charge in [-0.2, -0.15) is 0 Å². The van der Waals surface area contributed by atoms with Gasteiger partial charge in [0.25, 0.3) is 0 Å². The first-order valence-corrected chi connectivity index (χ1v) is 31.3. The molecule has 1 fully saturated rings. The Kier molecular flexibility index (Phi) is 52.0. The maximum Gasteiger partial charge on any atom is 0.220 e. The number of hydrogen-bond donors (Lipinski definition) is 6. The molecular formula is C68H115NO8. The molecular weight excluding hydrogens is 959 g/mol. The van der Waals surface area contributed by atoms with Gasteiger partial charge in [-0.1, -0.05) is 264 Å². The van der Waals surface area contributed by atoms with E-state index < -0.39 is 49.5 Å². The van der Waals surface area contributed by atoms with E-state index in [9.17, 15) is 30.3 Å². The van der Waals surface area contributed by atoms with Crippen molar-refractivity contribution in [3.05, 3.63) is 122 Å². The van der Waals surface area contributed by atoms with Crippen LogP contribution in [-0.2, 0) is 14.3 Å². The minimum absolute atomic E-state index is 0.199. The van der Waals surface area contributed by atoms with Crippen LogP contribution in [0.25, 0.3) is 0 Å². The largest absolute Gasteiger partial charge is 0.394 e. The van der Waals surface area contributed by atoms with E-state index in [0.717, 1.165) is 103 Å². The number of unbranched alkanes of at least 4 members (excludes halogenated alkanes) is 24. The van der Waals surface area contributed by atoms with E-state index in [-0.39, 0.29) is 12.5 Å². The Hall–Kier alpha value is -3.41. The second-order valence-corrected chi connectivity index (χ2v) is 21.1. The average Bonchev–Trinajstić information content (AvgIpc) is 3.43. The summed E-state index contributed by atoms with van der Waals surface area (Å²) in [5, 5.41) is 54.6. The van der Waals surface area contributed by atoms with Crippen LogP contribution < -0.4 is 5.32 Å². The summed E-state index contributed by atoms with van der Waals surface area (Å²) in [7, 11) is 0. The van der Waals surface area contributed by atoms with Crippen molar-refractivity contribution < 1.29 is 39.8 Å². The summed E-state index contributed by atoms with van der Waals surface area (Å²) < 4.78 is 11.3. The van der Waals surface area contributed by atoms with Crippen molar-refractivity contribution in [3.63, 3.8) is 0 Å². The zero-order chi connectivity index (χ0) is 55.8. The molecule has 0 aromatic carbocycles. The first-order valence-electron chi connectivity index (χ1n) is 31.3. The molecule has 0 aromatic rings. The molecule has 1 heterocycles. The second-order valence-electron chi connectivity index (χ2n) is 21.1. The van der Waals surface area contributed by atoms with Gasteiger partial charge < -0.3 is 40.3 Å². The van der Waals surface area contributed by atoms with Crippen LogP contribution in [-0.4, -0.2) is 87.5 Å². The van der Waals surface area contributed by atoms with E-state index in [4.69, 9.17) is 9.47 Å². The Morgan fingerprint density at radius 1 is 0.455 bits per heavy atom. The maximum absolute atomic E-state index is 13.1. The van der Waals surface area contributed by atoms with Crippen molar-refractivity contribution in [2.75, 3.05) is 13.2 Å². The summed E-state index contributed by atoms with van der Waals surface area (Å²) in [6.45, 7) is 3.65. The number of aliphatic hydroxyl groups is 5. The molecule has 6 N–H and O–H groups in total. The first kappa shape index (κ1) is 71.6. The number of hydrogen-bond acceptors (Lipinski definition) is 8. The highest BCUT2D eigenvalue weighted by Crippen LogP contribution is 2.23. The minimum atomic E-state index is -1.58. The Morgan fingerprint density at radius 3 is 1.25 bits per heavy atom. The summed E-state index contributed by atoms with van der Waals surface area (Å²) >= 11 is 0. The Morgan fingerprint density at radius 2 is 0.818 bits per heavy atom. The molecule has 0 aromatic heterocycles. The fourth-order valence-corrected chi connectivity index (χ4v) is 9.13. The van der Waals surface area contributed by atoms with Gasteiger partial charge in [-0.3, -0.25) is 4.79 Å². The normalized spacial score (nSPS) is 19.6. The molecule has 1 aliphatic heterocycles. The summed E-state index contributed by atoms with van der Waals surface area (Å²) in [5.41, 5.74) is 0. The van der Waals surface area contributed by atoms with E-state index in [1.165, 1.54) is 122 Å². The molecule has 7 atom stereocenters. The van der Waals surface area contributed by atoms with Gasteiger partial charge in [-0.15, -0.1) is 0 Å². The Bertz CT molecular complexity index is 1620. The quantitative estimate of drug-likeness (QED) is 0.0261. The molecule has 9 heteroatoms. The number of carbonyl (C=O) groups excluding carboxylic acids is 1. The molecule has 440 valence electrons. The summed E-state index contributed by atoms with van der Waals surface area (Å²) in [5.74, 6) is -0.199. The van der Waals surface area contributed by atoms with E-state index >= 15 is 0 Å². The third-order valence-electron chi connectivity index (χ3n) is 14.0. The fourth-order valence-electron chi connectivity index (χ4n) is 9.13. The third-order valence-corrected chi connectivity index (χ3v) is 14.0. The number of amides is 1. The lowest BCUT2D eigenvalue weighted by Crippen LogP contribution is -2.60. The van der Waals surface area contributed by atoms with Crippen LogP contribution in [0.2, 0.25) is 0 Å². The van der Waals surface area contributed by atoms with E-state index in [1.807, 2.05) is 6.08 Å². The summed E-state index contributed by atoms with van der Waals surface area (Å²) in [6.07, 6.45) is 76.9. The molecule has 7 unspecified atom stereocenters. The van der Waals surface area contributed by atoms with E-state index in [2.05, 4.69) is 129 Å². The van der Waals surface area contributed by atoms with Gasteiger partial charge in [0.05, 0.1) is 25.4 Å². The smallest absolute Gasteiger partial charge is 0.220 e. The molecule has 9 nitrogen and oxygen atoms in total.